The number of hydrogen-bond acceptors (Lipinski definition) is 7. The van der Waals surface area contributed by atoms with E-state index in [4.69, 9.17) is 0 Å². The van der Waals surface area contributed by atoms with Gasteiger partial charge < -0.3 is 25.1 Å². The minimum absolute atomic E-state index is 0. The number of nitrogens with one attached hydrogen (secondary N) is 1. The molecule has 1 aromatic heterocycles. The van der Waals surface area contributed by atoms with Crippen molar-refractivity contribution in [3.63, 3.8) is 0 Å². The SMILES string of the molecule is C.CN(C)CCn1ncc2cccc(CN3C[C@H]4N(C(=O)CN(C)N4C(=O)NCc4ccccc4)[C@@H](Cc4ccc(O)cc4)C3=O)c21. The Morgan fingerprint density at radius 1 is 1.00 bits per heavy atom. The molecule has 0 bridgehead atoms. The van der Waals surface area contributed by atoms with Crippen LogP contribution < -0.4 is 5.32 Å². The van der Waals surface area contributed by atoms with Crippen molar-refractivity contribution in [3.8, 4) is 5.75 Å². The van der Waals surface area contributed by atoms with E-state index in [1.165, 1.54) is 0 Å². The number of carbonyl (C=O) groups is 3. The number of rotatable bonds is 9. The van der Waals surface area contributed by atoms with Gasteiger partial charge in [0.1, 0.15) is 18.0 Å². The van der Waals surface area contributed by atoms with Crippen molar-refractivity contribution in [1.29, 1.82) is 0 Å². The van der Waals surface area contributed by atoms with E-state index < -0.39 is 12.2 Å². The molecule has 0 radical (unpaired) electrons. The van der Waals surface area contributed by atoms with Crippen LogP contribution in [0.25, 0.3) is 10.9 Å². The molecule has 3 aromatic carbocycles. The van der Waals surface area contributed by atoms with Gasteiger partial charge in [0.15, 0.2) is 0 Å². The minimum Gasteiger partial charge on any atom is -0.508 e. The molecular formula is C35H44N8O4. The molecule has 4 amide bonds. The number of phenolic OH excluding ortho intramolecular Hbond substituents is 1. The number of urea groups is 1. The first-order valence-electron chi connectivity index (χ1n) is 15.5. The first-order valence-corrected chi connectivity index (χ1v) is 15.5. The van der Waals surface area contributed by atoms with Gasteiger partial charge in [-0.1, -0.05) is 68.1 Å². The van der Waals surface area contributed by atoms with Crippen LogP contribution in [0.3, 0.4) is 0 Å². The molecule has 2 aliphatic heterocycles. The highest BCUT2D eigenvalue weighted by Crippen LogP contribution is 2.30. The van der Waals surface area contributed by atoms with Crippen molar-refractivity contribution in [2.24, 2.45) is 0 Å². The molecule has 2 saturated heterocycles. The second-order valence-corrected chi connectivity index (χ2v) is 12.2. The molecule has 2 atom stereocenters. The molecule has 2 aliphatic rings. The first kappa shape index (κ1) is 33.4. The number of benzene rings is 3. The maximum atomic E-state index is 14.4. The fraction of sp³-hybridized carbons (Fsp3) is 0.371. The van der Waals surface area contributed by atoms with E-state index in [0.717, 1.165) is 34.1 Å². The number of carbonyl (C=O) groups excluding carboxylic acids is 3. The number of nitrogens with zero attached hydrogens (tertiary/aromatic N) is 7. The number of phenols is 1. The molecule has 0 unspecified atom stereocenters. The quantitative estimate of drug-likeness (QED) is 0.289. The predicted molar refractivity (Wildman–Crippen MR) is 180 cm³/mol. The van der Waals surface area contributed by atoms with E-state index in [1.54, 1.807) is 51.1 Å². The van der Waals surface area contributed by atoms with Gasteiger partial charge in [-0.15, -0.1) is 0 Å². The van der Waals surface area contributed by atoms with Crippen LogP contribution in [0.15, 0.2) is 79.0 Å². The second kappa shape index (κ2) is 14.2. The smallest absolute Gasteiger partial charge is 0.334 e. The van der Waals surface area contributed by atoms with Gasteiger partial charge in [0.05, 0.1) is 31.3 Å². The van der Waals surface area contributed by atoms with Crippen LogP contribution in [0.1, 0.15) is 24.1 Å². The van der Waals surface area contributed by atoms with Crippen LogP contribution >= 0.6 is 0 Å². The lowest BCUT2D eigenvalue weighted by atomic mass is 9.98. The Bertz CT molecular complexity index is 1710. The first-order chi connectivity index (χ1) is 22.2. The van der Waals surface area contributed by atoms with E-state index in [9.17, 15) is 19.5 Å². The van der Waals surface area contributed by atoms with E-state index in [-0.39, 0.29) is 57.1 Å². The number of fused-ring (bicyclic) bond motifs is 2. The van der Waals surface area contributed by atoms with Crippen LogP contribution in [-0.4, -0.2) is 110 Å². The van der Waals surface area contributed by atoms with Gasteiger partial charge in [-0.25, -0.2) is 14.8 Å². The van der Waals surface area contributed by atoms with Crippen LogP contribution in [0.5, 0.6) is 5.75 Å². The summed E-state index contributed by atoms with van der Waals surface area (Å²) in [5.74, 6) is -0.294. The molecule has 3 heterocycles. The number of para-hydroxylation sites is 1. The largest absolute Gasteiger partial charge is 0.508 e. The lowest BCUT2D eigenvalue weighted by Gasteiger charge is -2.54. The third kappa shape index (κ3) is 7.08. The number of aromatic nitrogens is 2. The number of piperazine rings is 1. The molecular weight excluding hydrogens is 596 g/mol. The minimum atomic E-state index is -0.841. The third-order valence-corrected chi connectivity index (χ3v) is 8.66. The maximum Gasteiger partial charge on any atom is 0.334 e. The van der Waals surface area contributed by atoms with Gasteiger partial charge in [-0.3, -0.25) is 14.3 Å². The van der Waals surface area contributed by atoms with Crippen molar-refractivity contribution in [3.05, 3.63) is 95.7 Å². The topological polar surface area (TPSA) is 117 Å². The summed E-state index contributed by atoms with van der Waals surface area (Å²) in [6.45, 7) is 2.21. The maximum absolute atomic E-state index is 14.4. The van der Waals surface area contributed by atoms with Crippen molar-refractivity contribution in [2.45, 2.75) is 45.7 Å². The molecule has 248 valence electrons. The Kier molecular flexibility index (Phi) is 10.1. The summed E-state index contributed by atoms with van der Waals surface area (Å²) in [6, 6.07) is 21.1. The van der Waals surface area contributed by atoms with Crippen molar-refractivity contribution in [2.75, 3.05) is 40.8 Å². The summed E-state index contributed by atoms with van der Waals surface area (Å²) in [6.07, 6.45) is 1.36. The van der Waals surface area contributed by atoms with Gasteiger partial charge in [0, 0.05) is 38.5 Å². The van der Waals surface area contributed by atoms with E-state index >= 15 is 0 Å². The van der Waals surface area contributed by atoms with Crippen molar-refractivity contribution >= 4 is 28.7 Å². The van der Waals surface area contributed by atoms with Gasteiger partial charge in [-0.05, 0) is 42.9 Å². The molecule has 4 aromatic rings. The summed E-state index contributed by atoms with van der Waals surface area (Å²) in [4.78, 5) is 47.3. The van der Waals surface area contributed by atoms with Crippen molar-refractivity contribution < 1.29 is 19.5 Å². The molecule has 2 fully saturated rings. The fourth-order valence-electron chi connectivity index (χ4n) is 6.37. The lowest BCUT2D eigenvalue weighted by molar-refractivity contribution is -0.187. The highest BCUT2D eigenvalue weighted by atomic mass is 16.3. The number of aromatic hydroxyl groups is 1. The highest BCUT2D eigenvalue weighted by Gasteiger charge is 2.50. The summed E-state index contributed by atoms with van der Waals surface area (Å²) in [5, 5.41) is 21.7. The number of hydrazine groups is 1. The standard InChI is InChI=1S/C34H40N8O4.CH4/c1-37(2)16-17-40-32-26(20-36-40)10-7-11-27(32)21-39-22-30-41(29(33(39)45)18-24-12-14-28(43)15-13-24)31(44)23-38(3)42(30)34(46)35-19-25-8-5-4-6-9-25;/h4-15,20,29-30,43H,16-19,21-23H2,1-3H3,(H,35,46);1H4/t29-,30-;/m0./s1. The van der Waals surface area contributed by atoms with Crippen LogP contribution in [0, 0.1) is 0 Å². The van der Waals surface area contributed by atoms with Gasteiger partial charge >= 0.3 is 6.03 Å². The molecule has 0 saturated carbocycles. The van der Waals surface area contributed by atoms with Gasteiger partial charge in [0.2, 0.25) is 11.8 Å². The van der Waals surface area contributed by atoms with Crippen molar-refractivity contribution in [1.82, 2.24) is 39.8 Å². The fourth-order valence-corrected chi connectivity index (χ4v) is 6.37. The molecule has 2 N–H and O–H groups in total. The van der Waals surface area contributed by atoms with Crippen LogP contribution in [-0.2, 0) is 35.6 Å². The Balaban J connectivity index is 0.00000433. The molecule has 0 aliphatic carbocycles. The monoisotopic (exact) mass is 640 g/mol. The predicted octanol–water partition coefficient (Wildman–Crippen LogP) is 3.12. The summed E-state index contributed by atoms with van der Waals surface area (Å²) >= 11 is 0. The Morgan fingerprint density at radius 3 is 2.47 bits per heavy atom. The molecule has 47 heavy (non-hydrogen) atoms. The molecule has 0 spiro atoms. The Hall–Kier alpha value is -4.94. The van der Waals surface area contributed by atoms with E-state index in [2.05, 4.69) is 15.3 Å². The normalized spacial score (nSPS) is 18.4. The van der Waals surface area contributed by atoms with E-state index in [1.807, 2.05) is 73.5 Å². The highest BCUT2D eigenvalue weighted by molar-refractivity contribution is 5.92. The van der Waals surface area contributed by atoms with Gasteiger partial charge in [0.25, 0.3) is 0 Å². The van der Waals surface area contributed by atoms with E-state index in [0.29, 0.717) is 13.1 Å². The molecule has 6 rings (SSSR count). The number of amides is 4. The summed E-state index contributed by atoms with van der Waals surface area (Å²) < 4.78 is 1.97. The van der Waals surface area contributed by atoms with Crippen LogP contribution in [0.2, 0.25) is 0 Å². The molecule has 12 heteroatoms. The average molecular weight is 641 g/mol. The van der Waals surface area contributed by atoms with Gasteiger partial charge in [-0.2, -0.15) is 5.10 Å². The summed E-state index contributed by atoms with van der Waals surface area (Å²) in [7, 11) is 5.75. The zero-order valence-corrected chi connectivity index (χ0v) is 26.4. The molecule has 12 nitrogen and oxygen atoms in total. The number of likely N-dealkylation sites (N-methyl/N-ethyl adjacent to an activating group) is 2. The Labute approximate surface area is 275 Å². The zero-order chi connectivity index (χ0) is 32.4. The number of hydrogen-bond donors (Lipinski definition) is 2. The lowest BCUT2D eigenvalue weighted by Crippen LogP contribution is -2.76. The summed E-state index contributed by atoms with van der Waals surface area (Å²) in [5.41, 5.74) is 3.65. The second-order valence-electron chi connectivity index (χ2n) is 12.2. The van der Waals surface area contributed by atoms with Crippen LogP contribution in [0.4, 0.5) is 4.79 Å². The average Bonchev–Trinajstić information content (AvgIpc) is 3.46. The third-order valence-electron chi connectivity index (χ3n) is 8.66. The zero-order valence-electron chi connectivity index (χ0n) is 26.4. The Morgan fingerprint density at radius 2 is 1.74 bits per heavy atom.